The summed E-state index contributed by atoms with van der Waals surface area (Å²) >= 11 is 5.94. The van der Waals surface area contributed by atoms with Crippen LogP contribution < -0.4 is 0 Å². The Morgan fingerprint density at radius 2 is 2.06 bits per heavy atom. The van der Waals surface area contributed by atoms with Gasteiger partial charge in [-0.05, 0) is 29.8 Å². The van der Waals surface area contributed by atoms with E-state index >= 15 is 0 Å². The fourth-order valence-electron chi connectivity index (χ4n) is 2.02. The molecule has 0 fully saturated rings. The summed E-state index contributed by atoms with van der Waals surface area (Å²) in [5.74, 6) is 0. The van der Waals surface area contributed by atoms with Gasteiger partial charge >= 0.3 is 0 Å². The highest BCUT2D eigenvalue weighted by molar-refractivity contribution is 6.30. The van der Waals surface area contributed by atoms with Crippen molar-refractivity contribution in [1.29, 1.82) is 0 Å². The Hall–Kier alpha value is -1.84. The van der Waals surface area contributed by atoms with Gasteiger partial charge in [0.15, 0.2) is 0 Å². The van der Waals surface area contributed by atoms with Gasteiger partial charge < -0.3 is 5.11 Å². The van der Waals surface area contributed by atoms with Crippen molar-refractivity contribution >= 4 is 17.1 Å². The molecule has 3 aromatic rings. The molecule has 1 unspecified atom stereocenters. The van der Waals surface area contributed by atoms with Crippen LogP contribution in [0.2, 0.25) is 5.02 Å². The summed E-state index contributed by atoms with van der Waals surface area (Å²) in [7, 11) is 0. The van der Waals surface area contributed by atoms with Crippen molar-refractivity contribution in [3.05, 3.63) is 71.0 Å². The summed E-state index contributed by atoms with van der Waals surface area (Å²) < 4.78 is 1.74. The van der Waals surface area contributed by atoms with Gasteiger partial charge in [-0.1, -0.05) is 29.8 Å². The SMILES string of the molecule is OC(c1cccc(Cl)c1)c1cnn2ccccc12. The number of benzene rings is 1. The number of aliphatic hydroxyl groups is 1. The Morgan fingerprint density at radius 3 is 2.89 bits per heavy atom. The van der Waals surface area contributed by atoms with E-state index in [2.05, 4.69) is 5.10 Å². The van der Waals surface area contributed by atoms with Gasteiger partial charge in [-0.2, -0.15) is 5.10 Å². The monoisotopic (exact) mass is 258 g/mol. The lowest BCUT2D eigenvalue weighted by molar-refractivity contribution is 0.222. The van der Waals surface area contributed by atoms with Gasteiger partial charge in [0.05, 0.1) is 11.7 Å². The highest BCUT2D eigenvalue weighted by Gasteiger charge is 2.15. The van der Waals surface area contributed by atoms with Crippen molar-refractivity contribution in [3.8, 4) is 0 Å². The molecule has 90 valence electrons. The van der Waals surface area contributed by atoms with E-state index in [1.54, 1.807) is 22.8 Å². The van der Waals surface area contributed by atoms with E-state index < -0.39 is 6.10 Å². The van der Waals surface area contributed by atoms with Crippen molar-refractivity contribution in [1.82, 2.24) is 9.61 Å². The molecule has 0 amide bonds. The number of hydrogen-bond acceptors (Lipinski definition) is 2. The Morgan fingerprint density at radius 1 is 1.17 bits per heavy atom. The minimum absolute atomic E-state index is 0.614. The van der Waals surface area contributed by atoms with E-state index in [1.165, 1.54) is 0 Å². The first-order chi connectivity index (χ1) is 8.75. The molecule has 0 spiro atoms. The quantitative estimate of drug-likeness (QED) is 0.767. The number of nitrogens with zero attached hydrogens (tertiary/aromatic N) is 2. The lowest BCUT2D eigenvalue weighted by Gasteiger charge is -2.10. The van der Waals surface area contributed by atoms with Crippen molar-refractivity contribution in [2.24, 2.45) is 0 Å². The molecule has 1 N–H and O–H groups in total. The highest BCUT2D eigenvalue weighted by Crippen LogP contribution is 2.26. The third-order valence-corrected chi connectivity index (χ3v) is 3.15. The topological polar surface area (TPSA) is 37.5 Å². The molecule has 0 saturated heterocycles. The van der Waals surface area contributed by atoms with Gasteiger partial charge in [0, 0.05) is 16.8 Å². The maximum absolute atomic E-state index is 10.4. The van der Waals surface area contributed by atoms with Crippen LogP contribution in [0, 0.1) is 0 Å². The van der Waals surface area contributed by atoms with Crippen molar-refractivity contribution in [2.45, 2.75) is 6.10 Å². The van der Waals surface area contributed by atoms with E-state index in [9.17, 15) is 5.11 Å². The second-order valence-electron chi connectivity index (χ2n) is 4.09. The molecule has 4 heteroatoms. The van der Waals surface area contributed by atoms with Crippen molar-refractivity contribution in [2.75, 3.05) is 0 Å². The minimum atomic E-state index is -0.719. The molecular formula is C14H11ClN2O. The molecule has 0 aliphatic carbocycles. The molecule has 1 atom stereocenters. The normalized spacial score (nSPS) is 12.8. The van der Waals surface area contributed by atoms with Gasteiger partial charge in [0.1, 0.15) is 6.10 Å². The second kappa shape index (κ2) is 4.44. The maximum Gasteiger partial charge on any atom is 0.108 e. The van der Waals surface area contributed by atoms with E-state index in [0.29, 0.717) is 5.02 Å². The van der Waals surface area contributed by atoms with E-state index in [-0.39, 0.29) is 0 Å². The van der Waals surface area contributed by atoms with Crippen molar-refractivity contribution < 1.29 is 5.11 Å². The number of aromatic nitrogens is 2. The number of fused-ring (bicyclic) bond motifs is 1. The average molecular weight is 259 g/mol. The third-order valence-electron chi connectivity index (χ3n) is 2.92. The summed E-state index contributed by atoms with van der Waals surface area (Å²) in [5.41, 5.74) is 2.43. The van der Waals surface area contributed by atoms with Crippen LogP contribution in [-0.2, 0) is 0 Å². The lowest BCUT2D eigenvalue weighted by atomic mass is 10.0. The van der Waals surface area contributed by atoms with Crippen LogP contribution in [0.15, 0.2) is 54.9 Å². The van der Waals surface area contributed by atoms with E-state index in [1.807, 2.05) is 36.5 Å². The molecule has 1 aromatic carbocycles. The minimum Gasteiger partial charge on any atom is -0.384 e. The zero-order valence-corrected chi connectivity index (χ0v) is 10.2. The summed E-state index contributed by atoms with van der Waals surface area (Å²) in [6.07, 6.45) is 2.81. The predicted octanol–water partition coefficient (Wildman–Crippen LogP) is 3.07. The zero-order valence-electron chi connectivity index (χ0n) is 9.49. The van der Waals surface area contributed by atoms with Gasteiger partial charge in [0.2, 0.25) is 0 Å². The fraction of sp³-hybridized carbons (Fsp3) is 0.0714. The summed E-state index contributed by atoms with van der Waals surface area (Å²) in [5, 5.41) is 15.2. The molecule has 0 radical (unpaired) electrons. The molecule has 0 bridgehead atoms. The second-order valence-corrected chi connectivity index (χ2v) is 4.52. The predicted molar refractivity (Wildman–Crippen MR) is 70.7 cm³/mol. The molecule has 0 aliphatic heterocycles. The first-order valence-corrected chi connectivity index (χ1v) is 5.99. The van der Waals surface area contributed by atoms with E-state index in [4.69, 9.17) is 11.6 Å². The van der Waals surface area contributed by atoms with Gasteiger partial charge in [0.25, 0.3) is 0 Å². The molecule has 3 rings (SSSR count). The first-order valence-electron chi connectivity index (χ1n) is 5.61. The lowest BCUT2D eigenvalue weighted by Crippen LogP contribution is -1.99. The smallest absolute Gasteiger partial charge is 0.108 e. The Balaban J connectivity index is 2.09. The Bertz CT molecular complexity index is 693. The number of pyridine rings is 1. The largest absolute Gasteiger partial charge is 0.384 e. The van der Waals surface area contributed by atoms with Crippen LogP contribution in [0.1, 0.15) is 17.2 Å². The summed E-state index contributed by atoms with van der Waals surface area (Å²) in [4.78, 5) is 0. The number of rotatable bonds is 2. The van der Waals surface area contributed by atoms with Gasteiger partial charge in [-0.15, -0.1) is 0 Å². The van der Waals surface area contributed by atoms with Crippen LogP contribution >= 0.6 is 11.6 Å². The molecule has 3 nitrogen and oxygen atoms in total. The summed E-state index contributed by atoms with van der Waals surface area (Å²) in [6.45, 7) is 0. The highest BCUT2D eigenvalue weighted by atomic mass is 35.5. The Labute approximate surface area is 109 Å². The molecule has 2 aromatic heterocycles. The molecule has 18 heavy (non-hydrogen) atoms. The number of aliphatic hydroxyl groups excluding tert-OH is 1. The van der Waals surface area contributed by atoms with Gasteiger partial charge in [-0.3, -0.25) is 0 Å². The zero-order chi connectivity index (χ0) is 12.5. The van der Waals surface area contributed by atoms with Crippen LogP contribution in [0.25, 0.3) is 5.52 Å². The van der Waals surface area contributed by atoms with Crippen LogP contribution in [0.4, 0.5) is 0 Å². The molecule has 2 heterocycles. The van der Waals surface area contributed by atoms with Gasteiger partial charge in [-0.25, -0.2) is 4.52 Å². The van der Waals surface area contributed by atoms with Crippen LogP contribution in [0.5, 0.6) is 0 Å². The molecule has 0 aliphatic rings. The van der Waals surface area contributed by atoms with Crippen LogP contribution in [-0.4, -0.2) is 14.7 Å². The average Bonchev–Trinajstić information content (AvgIpc) is 2.82. The third kappa shape index (κ3) is 1.88. The molecule has 0 saturated carbocycles. The summed E-state index contributed by atoms with van der Waals surface area (Å²) in [6, 6.07) is 13.0. The first kappa shape index (κ1) is 11.3. The van der Waals surface area contributed by atoms with E-state index in [0.717, 1.165) is 16.6 Å². The molecular weight excluding hydrogens is 248 g/mol. The van der Waals surface area contributed by atoms with Crippen LogP contribution in [0.3, 0.4) is 0 Å². The van der Waals surface area contributed by atoms with Crippen molar-refractivity contribution in [3.63, 3.8) is 0 Å². The Kier molecular flexibility index (Phi) is 2.78. The number of hydrogen-bond donors (Lipinski definition) is 1. The standard InChI is InChI=1S/C14H11ClN2O/c15-11-5-3-4-10(8-11)14(18)12-9-16-17-7-2-1-6-13(12)17/h1-9,14,18H. The number of halogens is 1. The fourth-order valence-corrected chi connectivity index (χ4v) is 2.22. The maximum atomic E-state index is 10.4.